The third-order valence-electron chi connectivity index (χ3n) is 2.65. The predicted molar refractivity (Wildman–Crippen MR) is 69.8 cm³/mol. The Balaban J connectivity index is 2.44. The molecule has 20 heavy (non-hydrogen) atoms. The minimum atomic E-state index is -4.44. The van der Waals surface area contributed by atoms with Crippen LogP contribution >= 0.6 is 0 Å². The monoisotopic (exact) mass is 285 g/mol. The second-order valence-electron chi connectivity index (χ2n) is 4.20. The molecular weight excluding hydrogens is 271 g/mol. The minimum Gasteiger partial charge on any atom is -0.464 e. The first kappa shape index (κ1) is 14.4. The van der Waals surface area contributed by atoms with E-state index in [4.69, 9.17) is 4.74 Å². The molecule has 0 aliphatic rings. The fraction of sp³-hybridized carbons (Fsp3) is 0.385. The van der Waals surface area contributed by atoms with Crippen LogP contribution in [0.25, 0.3) is 10.9 Å². The lowest BCUT2D eigenvalue weighted by Crippen LogP contribution is -2.31. The maximum atomic E-state index is 12.6. The number of benzene rings is 1. The Hall–Kier alpha value is -2.05. The number of para-hydroxylation sites is 1. The van der Waals surface area contributed by atoms with Crippen LogP contribution < -0.4 is 10.1 Å². The molecule has 0 radical (unpaired) electrons. The highest BCUT2D eigenvalue weighted by molar-refractivity contribution is 5.84. The normalized spacial score (nSPS) is 13.2. The highest BCUT2D eigenvalue weighted by Crippen LogP contribution is 2.29. The van der Waals surface area contributed by atoms with E-state index in [9.17, 15) is 13.2 Å². The van der Waals surface area contributed by atoms with E-state index in [1.807, 2.05) is 6.92 Å². The van der Waals surface area contributed by atoms with E-state index in [0.717, 1.165) is 6.92 Å². The largest absolute Gasteiger partial charge is 0.464 e. The summed E-state index contributed by atoms with van der Waals surface area (Å²) in [6.07, 6.45) is -6.38. The summed E-state index contributed by atoms with van der Waals surface area (Å²) in [7, 11) is 0. The molecule has 1 atom stereocenters. The van der Waals surface area contributed by atoms with Gasteiger partial charge in [0.25, 0.3) is 0 Å². The number of aromatic nitrogens is 2. The molecule has 0 saturated carbocycles. The standard InChI is InChI=1S/C13H14F3N3O/c1-3-17-12-18-10-7-5-4-6-9(10)11(19-12)20-8(2)13(14,15)16/h4-8H,3H2,1-2H3,(H,17,18,19). The molecule has 0 bridgehead atoms. The van der Waals surface area contributed by atoms with Crippen molar-refractivity contribution in [1.29, 1.82) is 0 Å². The van der Waals surface area contributed by atoms with Crippen molar-refractivity contribution in [2.75, 3.05) is 11.9 Å². The van der Waals surface area contributed by atoms with Gasteiger partial charge in [0, 0.05) is 6.54 Å². The zero-order chi connectivity index (χ0) is 14.8. The van der Waals surface area contributed by atoms with Gasteiger partial charge >= 0.3 is 6.18 Å². The lowest BCUT2D eigenvalue weighted by molar-refractivity contribution is -0.189. The van der Waals surface area contributed by atoms with Gasteiger partial charge in [0.15, 0.2) is 6.10 Å². The minimum absolute atomic E-state index is 0.0728. The number of nitrogens with one attached hydrogen (secondary N) is 1. The molecule has 0 spiro atoms. The molecule has 2 aromatic rings. The van der Waals surface area contributed by atoms with E-state index >= 15 is 0 Å². The number of rotatable bonds is 4. The number of ether oxygens (including phenoxy) is 1. The zero-order valence-corrected chi connectivity index (χ0v) is 11.0. The van der Waals surface area contributed by atoms with Crippen molar-refractivity contribution in [1.82, 2.24) is 9.97 Å². The van der Waals surface area contributed by atoms with E-state index < -0.39 is 12.3 Å². The second-order valence-corrected chi connectivity index (χ2v) is 4.20. The molecule has 2 rings (SSSR count). The van der Waals surface area contributed by atoms with Gasteiger partial charge in [-0.2, -0.15) is 18.2 Å². The highest BCUT2D eigenvalue weighted by Gasteiger charge is 2.38. The van der Waals surface area contributed by atoms with Crippen molar-refractivity contribution in [2.45, 2.75) is 26.1 Å². The first-order chi connectivity index (χ1) is 9.41. The first-order valence-corrected chi connectivity index (χ1v) is 6.16. The van der Waals surface area contributed by atoms with Crippen LogP contribution in [-0.2, 0) is 0 Å². The molecule has 0 aliphatic carbocycles. The van der Waals surface area contributed by atoms with E-state index in [1.54, 1.807) is 24.3 Å². The molecule has 0 fully saturated rings. The van der Waals surface area contributed by atoms with Crippen molar-refractivity contribution in [2.24, 2.45) is 0 Å². The summed E-state index contributed by atoms with van der Waals surface area (Å²) in [5.41, 5.74) is 0.530. The molecule has 7 heteroatoms. The number of hydrogen-bond donors (Lipinski definition) is 1. The molecule has 0 amide bonds. The maximum Gasteiger partial charge on any atom is 0.425 e. The average Bonchev–Trinajstić information content (AvgIpc) is 2.38. The number of nitrogens with zero attached hydrogens (tertiary/aromatic N) is 2. The van der Waals surface area contributed by atoms with Crippen LogP contribution in [0.5, 0.6) is 5.88 Å². The Bertz CT molecular complexity index is 601. The fourth-order valence-corrected chi connectivity index (χ4v) is 1.61. The summed E-state index contributed by atoms with van der Waals surface area (Å²) in [5, 5.41) is 3.32. The van der Waals surface area contributed by atoms with Gasteiger partial charge in [-0.05, 0) is 26.0 Å². The number of halogens is 3. The molecule has 1 unspecified atom stereocenters. The van der Waals surface area contributed by atoms with E-state index in [1.165, 1.54) is 0 Å². The molecule has 0 aliphatic heterocycles. The quantitative estimate of drug-likeness (QED) is 0.935. The van der Waals surface area contributed by atoms with Crippen LogP contribution in [0.4, 0.5) is 19.1 Å². The Kier molecular flexibility index (Phi) is 3.96. The number of fused-ring (bicyclic) bond motifs is 1. The van der Waals surface area contributed by atoms with Crippen molar-refractivity contribution >= 4 is 16.9 Å². The third kappa shape index (κ3) is 3.09. The van der Waals surface area contributed by atoms with Crippen LogP contribution in [0.1, 0.15) is 13.8 Å². The average molecular weight is 285 g/mol. The highest BCUT2D eigenvalue weighted by atomic mass is 19.4. The Morgan fingerprint density at radius 1 is 1.25 bits per heavy atom. The Labute approximate surface area is 114 Å². The molecule has 1 aromatic heterocycles. The van der Waals surface area contributed by atoms with Crippen molar-refractivity contribution in [3.05, 3.63) is 24.3 Å². The summed E-state index contributed by atoms with van der Waals surface area (Å²) >= 11 is 0. The van der Waals surface area contributed by atoms with Gasteiger partial charge in [-0.25, -0.2) is 4.98 Å². The second kappa shape index (κ2) is 5.52. The summed E-state index contributed by atoms with van der Waals surface area (Å²) in [5.74, 6) is 0.173. The maximum absolute atomic E-state index is 12.6. The number of alkyl halides is 3. The van der Waals surface area contributed by atoms with E-state index in [2.05, 4.69) is 15.3 Å². The molecule has 4 nitrogen and oxygen atoms in total. The fourth-order valence-electron chi connectivity index (χ4n) is 1.61. The molecular formula is C13H14F3N3O. The first-order valence-electron chi connectivity index (χ1n) is 6.16. The molecule has 108 valence electrons. The lowest BCUT2D eigenvalue weighted by Gasteiger charge is -2.18. The summed E-state index contributed by atoms with van der Waals surface area (Å²) in [6, 6.07) is 6.78. The molecule has 1 heterocycles. The predicted octanol–water partition coefficient (Wildman–Crippen LogP) is 3.39. The van der Waals surface area contributed by atoms with Gasteiger partial charge < -0.3 is 10.1 Å². The molecule has 1 aromatic carbocycles. The van der Waals surface area contributed by atoms with Crippen LogP contribution in [0.3, 0.4) is 0 Å². The van der Waals surface area contributed by atoms with Crippen LogP contribution in [0.2, 0.25) is 0 Å². The smallest absolute Gasteiger partial charge is 0.425 e. The van der Waals surface area contributed by atoms with Gasteiger partial charge in [-0.15, -0.1) is 0 Å². The van der Waals surface area contributed by atoms with Crippen LogP contribution in [-0.4, -0.2) is 28.8 Å². The van der Waals surface area contributed by atoms with Gasteiger partial charge in [0.05, 0.1) is 10.9 Å². The van der Waals surface area contributed by atoms with E-state index in [0.29, 0.717) is 17.4 Å². The van der Waals surface area contributed by atoms with Crippen molar-refractivity contribution in [3.8, 4) is 5.88 Å². The molecule has 0 saturated heterocycles. The van der Waals surface area contributed by atoms with Gasteiger partial charge in [0.1, 0.15) is 0 Å². The topological polar surface area (TPSA) is 47.0 Å². The van der Waals surface area contributed by atoms with Gasteiger partial charge in [-0.3, -0.25) is 0 Å². The summed E-state index contributed by atoms with van der Waals surface area (Å²) < 4.78 is 42.8. The van der Waals surface area contributed by atoms with E-state index in [-0.39, 0.29) is 11.8 Å². The zero-order valence-electron chi connectivity index (χ0n) is 11.0. The summed E-state index contributed by atoms with van der Waals surface area (Å²) in [4.78, 5) is 8.21. The van der Waals surface area contributed by atoms with Crippen LogP contribution in [0, 0.1) is 0 Å². The van der Waals surface area contributed by atoms with Crippen molar-refractivity contribution in [3.63, 3.8) is 0 Å². The third-order valence-corrected chi connectivity index (χ3v) is 2.65. The lowest BCUT2D eigenvalue weighted by atomic mass is 10.2. The van der Waals surface area contributed by atoms with Gasteiger partial charge in [-0.1, -0.05) is 12.1 Å². The Morgan fingerprint density at radius 3 is 2.60 bits per heavy atom. The number of hydrogen-bond acceptors (Lipinski definition) is 4. The summed E-state index contributed by atoms with van der Waals surface area (Å²) in [6.45, 7) is 3.35. The van der Waals surface area contributed by atoms with Crippen LogP contribution in [0.15, 0.2) is 24.3 Å². The number of anilines is 1. The SMILES string of the molecule is CCNc1nc(OC(C)C(F)(F)F)c2ccccc2n1. The molecule has 1 N–H and O–H groups in total. The van der Waals surface area contributed by atoms with Crippen molar-refractivity contribution < 1.29 is 17.9 Å². The Morgan fingerprint density at radius 2 is 1.95 bits per heavy atom. The van der Waals surface area contributed by atoms with Gasteiger partial charge in [0.2, 0.25) is 11.8 Å².